The third kappa shape index (κ3) is 3.88. The number of amides is 2. The smallest absolute Gasteiger partial charge is 0.323 e. The molecule has 2 amide bonds. The highest BCUT2D eigenvalue weighted by molar-refractivity contribution is 6.31. The number of halogens is 1. The fourth-order valence-electron chi connectivity index (χ4n) is 3.22. The minimum Gasteiger partial charge on any atom is -0.495 e. The number of benzene rings is 2. The molecule has 2 aromatic heterocycles. The summed E-state index contributed by atoms with van der Waals surface area (Å²) in [6.07, 6.45) is 3.41. The van der Waals surface area contributed by atoms with Crippen LogP contribution < -0.4 is 15.4 Å². The number of aromatic nitrogens is 2. The van der Waals surface area contributed by atoms with E-state index in [2.05, 4.69) is 20.6 Å². The molecule has 0 bridgehead atoms. The Kier molecular flexibility index (Phi) is 5.10. The summed E-state index contributed by atoms with van der Waals surface area (Å²) in [7, 11) is 1.57. The van der Waals surface area contributed by atoms with E-state index in [1.54, 1.807) is 25.6 Å². The molecule has 7 heteroatoms. The highest BCUT2D eigenvalue weighted by Crippen LogP contribution is 2.36. The number of carbonyl (C=O) groups is 1. The molecule has 3 N–H and O–H groups in total. The fourth-order valence-corrected chi connectivity index (χ4v) is 3.39. The van der Waals surface area contributed by atoms with Crippen LogP contribution >= 0.6 is 11.6 Å². The zero-order chi connectivity index (χ0) is 20.4. The van der Waals surface area contributed by atoms with Gasteiger partial charge in [0.1, 0.15) is 5.75 Å². The number of ether oxygens (including phenoxy) is 1. The van der Waals surface area contributed by atoms with Crippen molar-refractivity contribution in [2.24, 2.45) is 0 Å². The van der Waals surface area contributed by atoms with Gasteiger partial charge in [-0.3, -0.25) is 4.98 Å². The number of nitrogens with zero attached hydrogens (tertiary/aromatic N) is 1. The SMILES string of the molecule is COc1ccc(C)cc1NC(=O)Nc1c(-c2ccncc2)[nH]c2ccc(Cl)cc12. The molecule has 0 unspecified atom stereocenters. The van der Waals surface area contributed by atoms with Crippen molar-refractivity contribution in [1.29, 1.82) is 0 Å². The number of carbonyl (C=O) groups excluding carboxylic acids is 1. The lowest BCUT2D eigenvalue weighted by Crippen LogP contribution is -2.20. The topological polar surface area (TPSA) is 79.0 Å². The van der Waals surface area contributed by atoms with Gasteiger partial charge in [-0.15, -0.1) is 0 Å². The van der Waals surface area contributed by atoms with Crippen molar-refractivity contribution < 1.29 is 9.53 Å². The van der Waals surface area contributed by atoms with Crippen LogP contribution in [0.25, 0.3) is 22.2 Å². The van der Waals surface area contributed by atoms with Gasteiger partial charge in [0.2, 0.25) is 0 Å². The second-order valence-corrected chi connectivity index (χ2v) is 7.02. The quantitative estimate of drug-likeness (QED) is 0.398. The summed E-state index contributed by atoms with van der Waals surface area (Å²) < 4.78 is 5.34. The van der Waals surface area contributed by atoms with Crippen LogP contribution in [0.15, 0.2) is 60.9 Å². The van der Waals surface area contributed by atoms with E-state index in [0.717, 1.165) is 27.7 Å². The monoisotopic (exact) mass is 406 g/mol. The lowest BCUT2D eigenvalue weighted by atomic mass is 10.1. The van der Waals surface area contributed by atoms with E-state index in [9.17, 15) is 4.79 Å². The van der Waals surface area contributed by atoms with Crippen molar-refractivity contribution in [2.45, 2.75) is 6.92 Å². The molecule has 0 fully saturated rings. The maximum absolute atomic E-state index is 12.8. The van der Waals surface area contributed by atoms with Gasteiger partial charge in [-0.1, -0.05) is 17.7 Å². The third-order valence-electron chi connectivity index (χ3n) is 4.57. The molecule has 0 spiro atoms. The molecule has 4 aromatic rings. The third-order valence-corrected chi connectivity index (χ3v) is 4.81. The Morgan fingerprint density at radius 1 is 1.07 bits per heavy atom. The van der Waals surface area contributed by atoms with Crippen molar-refractivity contribution in [3.8, 4) is 17.0 Å². The second-order valence-electron chi connectivity index (χ2n) is 6.58. The molecule has 0 atom stereocenters. The van der Waals surface area contributed by atoms with E-state index in [1.807, 2.05) is 49.4 Å². The molecular weight excluding hydrogens is 388 g/mol. The number of H-pyrrole nitrogens is 1. The molecule has 4 rings (SSSR count). The summed E-state index contributed by atoms with van der Waals surface area (Å²) in [6, 6.07) is 14.5. The number of urea groups is 1. The van der Waals surface area contributed by atoms with Crippen molar-refractivity contribution in [2.75, 3.05) is 17.7 Å². The number of methoxy groups -OCH3 is 1. The van der Waals surface area contributed by atoms with Crippen LogP contribution in [0.2, 0.25) is 5.02 Å². The van der Waals surface area contributed by atoms with Gasteiger partial charge in [-0.2, -0.15) is 0 Å². The van der Waals surface area contributed by atoms with Crippen LogP contribution in [-0.4, -0.2) is 23.1 Å². The lowest BCUT2D eigenvalue weighted by molar-refractivity contribution is 0.262. The zero-order valence-electron chi connectivity index (χ0n) is 15.9. The number of aryl methyl sites for hydroxylation is 1. The minimum absolute atomic E-state index is 0.384. The van der Waals surface area contributed by atoms with E-state index >= 15 is 0 Å². The van der Waals surface area contributed by atoms with Crippen molar-refractivity contribution in [3.63, 3.8) is 0 Å². The van der Waals surface area contributed by atoms with Crippen LogP contribution in [0.3, 0.4) is 0 Å². The minimum atomic E-state index is -0.384. The number of pyridine rings is 1. The summed E-state index contributed by atoms with van der Waals surface area (Å²) in [6.45, 7) is 1.95. The Morgan fingerprint density at radius 3 is 2.62 bits per heavy atom. The first kappa shape index (κ1) is 18.8. The Hall–Kier alpha value is -3.51. The molecule has 0 saturated carbocycles. The van der Waals surface area contributed by atoms with Crippen LogP contribution in [0.4, 0.5) is 16.2 Å². The number of aromatic amines is 1. The van der Waals surface area contributed by atoms with Gasteiger partial charge in [0.25, 0.3) is 0 Å². The average molecular weight is 407 g/mol. The predicted molar refractivity (Wildman–Crippen MR) is 117 cm³/mol. The number of anilines is 2. The summed E-state index contributed by atoms with van der Waals surface area (Å²) in [5.74, 6) is 0.585. The number of nitrogens with one attached hydrogen (secondary N) is 3. The van der Waals surface area contributed by atoms with Crippen molar-refractivity contribution >= 4 is 39.9 Å². The molecule has 0 radical (unpaired) electrons. The van der Waals surface area contributed by atoms with E-state index in [-0.39, 0.29) is 6.03 Å². The molecule has 146 valence electrons. The molecule has 0 aliphatic heterocycles. The van der Waals surface area contributed by atoms with Gasteiger partial charge >= 0.3 is 6.03 Å². The maximum Gasteiger partial charge on any atom is 0.323 e. The molecule has 0 aliphatic rings. The predicted octanol–water partition coefficient (Wildman–Crippen LogP) is 5.84. The van der Waals surface area contributed by atoms with Gasteiger partial charge in [-0.05, 0) is 55.0 Å². The van der Waals surface area contributed by atoms with Crippen LogP contribution in [0.5, 0.6) is 5.75 Å². The molecule has 0 aliphatic carbocycles. The molecule has 2 aromatic carbocycles. The van der Waals surface area contributed by atoms with Crippen molar-refractivity contribution in [1.82, 2.24) is 9.97 Å². The van der Waals surface area contributed by atoms with Crippen LogP contribution in [0.1, 0.15) is 5.56 Å². The average Bonchev–Trinajstić information content (AvgIpc) is 3.06. The lowest BCUT2D eigenvalue weighted by Gasteiger charge is -2.13. The van der Waals surface area contributed by atoms with Crippen LogP contribution in [-0.2, 0) is 0 Å². The number of rotatable bonds is 4. The summed E-state index contributed by atoms with van der Waals surface area (Å²) >= 11 is 6.20. The van der Waals surface area contributed by atoms with Gasteiger partial charge in [0, 0.05) is 33.9 Å². The van der Waals surface area contributed by atoms with Crippen LogP contribution in [0, 0.1) is 6.92 Å². The number of hydrogen-bond acceptors (Lipinski definition) is 3. The summed E-state index contributed by atoms with van der Waals surface area (Å²) in [5, 5.41) is 7.23. The zero-order valence-corrected chi connectivity index (χ0v) is 16.7. The van der Waals surface area contributed by atoms with Gasteiger partial charge in [0.15, 0.2) is 0 Å². The highest BCUT2D eigenvalue weighted by Gasteiger charge is 2.17. The number of hydrogen-bond donors (Lipinski definition) is 3. The Bertz CT molecular complexity index is 1190. The molecule has 29 heavy (non-hydrogen) atoms. The largest absolute Gasteiger partial charge is 0.495 e. The first-order valence-corrected chi connectivity index (χ1v) is 9.37. The molecule has 0 saturated heterocycles. The standard InChI is InChI=1S/C22H19ClN4O2/c1-13-3-6-19(29-2)18(11-13)26-22(28)27-21-16-12-15(23)4-5-17(16)25-20(21)14-7-9-24-10-8-14/h3-12,25H,1-2H3,(H2,26,27,28). The molecular formula is C22H19ClN4O2. The highest BCUT2D eigenvalue weighted by atomic mass is 35.5. The Labute approximate surface area is 172 Å². The maximum atomic E-state index is 12.8. The Morgan fingerprint density at radius 2 is 1.86 bits per heavy atom. The first-order valence-electron chi connectivity index (χ1n) is 8.99. The van der Waals surface area contributed by atoms with E-state index in [1.165, 1.54) is 0 Å². The molecule has 6 nitrogen and oxygen atoms in total. The van der Waals surface area contributed by atoms with E-state index in [4.69, 9.17) is 16.3 Å². The van der Waals surface area contributed by atoms with Gasteiger partial charge in [-0.25, -0.2) is 4.79 Å². The number of fused-ring (bicyclic) bond motifs is 1. The van der Waals surface area contributed by atoms with Crippen molar-refractivity contribution in [3.05, 3.63) is 71.5 Å². The van der Waals surface area contributed by atoms with E-state index < -0.39 is 0 Å². The van der Waals surface area contributed by atoms with Gasteiger partial charge in [0.05, 0.1) is 24.2 Å². The Balaban J connectivity index is 1.72. The van der Waals surface area contributed by atoms with E-state index in [0.29, 0.717) is 22.1 Å². The molecule has 2 heterocycles. The van der Waals surface area contributed by atoms with Gasteiger partial charge < -0.3 is 20.4 Å². The fraction of sp³-hybridized carbons (Fsp3) is 0.0909. The normalized spacial score (nSPS) is 10.7. The second kappa shape index (κ2) is 7.85. The first-order chi connectivity index (χ1) is 14.0. The summed E-state index contributed by atoms with van der Waals surface area (Å²) in [5.41, 5.74) is 4.78. The summed E-state index contributed by atoms with van der Waals surface area (Å²) in [4.78, 5) is 20.3.